The summed E-state index contributed by atoms with van der Waals surface area (Å²) in [5.41, 5.74) is 1.26. The highest BCUT2D eigenvalue weighted by atomic mass is 33.5. The first-order valence-corrected chi connectivity index (χ1v) is 9.82. The van der Waals surface area contributed by atoms with Crippen molar-refractivity contribution in [2.45, 2.75) is 11.8 Å². The van der Waals surface area contributed by atoms with E-state index >= 15 is 0 Å². The van der Waals surface area contributed by atoms with Crippen LogP contribution in [-0.2, 0) is 11.8 Å². The van der Waals surface area contributed by atoms with Crippen molar-refractivity contribution in [3.63, 3.8) is 0 Å². The Labute approximate surface area is 92.6 Å². The third-order valence-electron chi connectivity index (χ3n) is 1.25. The molecule has 0 unspecified atom stereocenters. The van der Waals surface area contributed by atoms with E-state index < -0.39 is 3.64 Å². The molecule has 1 aromatic carbocycles. The summed E-state index contributed by atoms with van der Waals surface area (Å²) < 4.78 is -1.76. The number of aryl methyl sites for hydroxylation is 1. The third kappa shape index (κ3) is 4.24. The van der Waals surface area contributed by atoms with Crippen LogP contribution < -0.4 is 0 Å². The predicted octanol–water partition coefficient (Wildman–Crippen LogP) is 4.17. The van der Waals surface area contributed by atoms with Crippen molar-refractivity contribution < 1.29 is 0 Å². The summed E-state index contributed by atoms with van der Waals surface area (Å²) in [7, 11) is 0. The molecule has 66 valence electrons. The molecule has 0 aliphatic rings. The van der Waals surface area contributed by atoms with Gasteiger partial charge in [0.25, 0.3) is 0 Å². The van der Waals surface area contributed by atoms with E-state index in [-0.39, 0.29) is 0 Å². The molecule has 0 bridgehead atoms. The molecule has 5 heteroatoms. The first-order chi connectivity index (χ1) is 5.47. The van der Waals surface area contributed by atoms with Gasteiger partial charge < -0.3 is 0 Å². The van der Waals surface area contributed by atoms with E-state index in [0.717, 1.165) is 4.90 Å². The second-order valence-corrected chi connectivity index (χ2v) is 16.4. The average molecular weight is 252 g/mol. The van der Waals surface area contributed by atoms with E-state index in [2.05, 4.69) is 43.6 Å². The van der Waals surface area contributed by atoms with E-state index in [1.807, 2.05) is 12.1 Å². The largest absolute Gasteiger partial charge is 0.121 e. The molecule has 0 saturated carbocycles. The van der Waals surface area contributed by atoms with Gasteiger partial charge >= 0.3 is 0 Å². The van der Waals surface area contributed by atoms with Crippen LogP contribution in [0, 0.1) is 6.92 Å². The molecule has 0 spiro atoms. The van der Waals surface area contributed by atoms with Crippen molar-refractivity contribution in [1.29, 1.82) is 0 Å². The summed E-state index contributed by atoms with van der Waals surface area (Å²) in [6, 6.07) is 8.23. The quantitative estimate of drug-likeness (QED) is 0.599. The fraction of sp³-hybridized carbons (Fsp3) is 0.143. The molecule has 0 aliphatic carbocycles. The molecule has 0 fully saturated rings. The van der Waals surface area contributed by atoms with Crippen LogP contribution in [0.4, 0.5) is 0 Å². The zero-order chi connectivity index (χ0) is 9.19. The van der Waals surface area contributed by atoms with Crippen LogP contribution in [0.1, 0.15) is 5.56 Å². The molecule has 0 radical (unpaired) electrons. The smallest absolute Gasteiger partial charge is 0.108 e. The fourth-order valence-corrected chi connectivity index (χ4v) is 4.93. The van der Waals surface area contributed by atoms with Crippen LogP contribution in [0.2, 0.25) is 0 Å². The molecule has 0 heterocycles. The predicted molar refractivity (Wildman–Crippen MR) is 69.3 cm³/mol. The van der Waals surface area contributed by atoms with E-state index in [1.54, 1.807) is 11.4 Å². The minimum absolute atomic E-state index is 1.15. The van der Waals surface area contributed by atoms with Gasteiger partial charge in [0.2, 0.25) is 0 Å². The van der Waals surface area contributed by atoms with Gasteiger partial charge in [0, 0.05) is 4.90 Å². The van der Waals surface area contributed by atoms with Gasteiger partial charge in [-0.3, -0.25) is 0 Å². The molecule has 12 heavy (non-hydrogen) atoms. The Morgan fingerprint density at radius 2 is 1.75 bits per heavy atom. The lowest BCUT2D eigenvalue weighted by Crippen LogP contribution is -1.70. The molecule has 1 aromatic rings. The first-order valence-electron chi connectivity index (χ1n) is 3.29. The fourth-order valence-electron chi connectivity index (χ4n) is 0.736. The molecule has 0 saturated heterocycles. The Kier molecular flexibility index (Phi) is 4.06. The monoisotopic (exact) mass is 252 g/mol. The molecular weight excluding hydrogens is 243 g/mol. The molecule has 0 atom stereocenters. The van der Waals surface area contributed by atoms with Crippen LogP contribution in [0.3, 0.4) is 0 Å². The number of benzene rings is 1. The Balaban J connectivity index is 2.78. The minimum atomic E-state index is -1.76. The summed E-state index contributed by atoms with van der Waals surface area (Å²) >= 11 is 15.2. The third-order valence-corrected chi connectivity index (χ3v) is 5.45. The lowest BCUT2D eigenvalue weighted by atomic mass is 10.2. The van der Waals surface area contributed by atoms with Crippen molar-refractivity contribution in [1.82, 2.24) is 0 Å². The van der Waals surface area contributed by atoms with Gasteiger partial charge in [-0.25, -0.2) is 0 Å². The van der Waals surface area contributed by atoms with Gasteiger partial charge in [-0.1, -0.05) is 40.9 Å². The second kappa shape index (κ2) is 4.43. The van der Waals surface area contributed by atoms with Gasteiger partial charge in [-0.15, -0.1) is 24.5 Å². The normalized spacial score (nSPS) is 11.6. The molecule has 0 N–H and O–H groups in total. The van der Waals surface area contributed by atoms with Crippen molar-refractivity contribution in [2.24, 2.45) is 0 Å². The van der Waals surface area contributed by atoms with Crippen molar-refractivity contribution in [2.75, 3.05) is 0 Å². The van der Waals surface area contributed by atoms with E-state index in [1.165, 1.54) is 5.56 Å². The Bertz CT molecular complexity index is 300. The minimum Gasteiger partial charge on any atom is -0.121 e. The number of rotatable bonds is 2. The molecule has 0 aliphatic heterocycles. The molecule has 0 nitrogen and oxygen atoms in total. The van der Waals surface area contributed by atoms with E-state index in [4.69, 9.17) is 11.8 Å². The maximum Gasteiger partial charge on any atom is 0.108 e. The topological polar surface area (TPSA) is 0 Å². The first kappa shape index (κ1) is 11.0. The van der Waals surface area contributed by atoms with Crippen LogP contribution in [0.5, 0.6) is 0 Å². The van der Waals surface area contributed by atoms with Gasteiger partial charge in [0.05, 0.1) is 0 Å². The molecule has 0 amide bonds. The van der Waals surface area contributed by atoms with Gasteiger partial charge in [0.1, 0.15) is 3.64 Å². The van der Waals surface area contributed by atoms with Crippen LogP contribution in [0.15, 0.2) is 29.2 Å². The van der Waals surface area contributed by atoms with Crippen molar-refractivity contribution in [3.8, 4) is 0 Å². The highest BCUT2D eigenvalue weighted by molar-refractivity contribution is 9.17. The zero-order valence-electron chi connectivity index (χ0n) is 6.47. The van der Waals surface area contributed by atoms with Crippen LogP contribution in [0.25, 0.3) is 0 Å². The average Bonchev–Trinajstić information content (AvgIpc) is 1.91. The summed E-state index contributed by atoms with van der Waals surface area (Å²) in [5.74, 6) is 0. The summed E-state index contributed by atoms with van der Waals surface area (Å²) in [5, 5.41) is 0. The lowest BCUT2D eigenvalue weighted by molar-refractivity contribution is 1.38. The van der Waals surface area contributed by atoms with Gasteiger partial charge in [-0.05, 0) is 19.1 Å². The van der Waals surface area contributed by atoms with Gasteiger partial charge in [-0.2, -0.15) is 0 Å². The van der Waals surface area contributed by atoms with E-state index in [0.29, 0.717) is 0 Å². The number of thiol groups is 2. The lowest BCUT2D eigenvalue weighted by Gasteiger charge is -2.06. The molecule has 0 aromatic heterocycles. The summed E-state index contributed by atoms with van der Waals surface area (Å²) in [6.07, 6.45) is 0. The highest BCUT2D eigenvalue weighted by Crippen LogP contribution is 2.69. The maximum atomic E-state index is 5.10. The Morgan fingerprint density at radius 3 is 2.17 bits per heavy atom. The SMILES string of the molecule is Cc1ccc(SP(=S)(S)S)cc1. The zero-order valence-corrected chi connectivity index (χ0v) is 10.8. The summed E-state index contributed by atoms with van der Waals surface area (Å²) in [6.45, 7) is 2.06. The van der Waals surface area contributed by atoms with Gasteiger partial charge in [0.15, 0.2) is 0 Å². The summed E-state index contributed by atoms with van der Waals surface area (Å²) in [4.78, 5) is 1.15. The maximum absolute atomic E-state index is 5.10. The van der Waals surface area contributed by atoms with Crippen molar-refractivity contribution in [3.05, 3.63) is 29.8 Å². The second-order valence-electron chi connectivity index (χ2n) is 2.39. The number of hydrogen-bond donors (Lipinski definition) is 2. The van der Waals surface area contributed by atoms with Crippen LogP contribution >= 0.6 is 39.5 Å². The Morgan fingerprint density at radius 1 is 1.25 bits per heavy atom. The molecular formula is C7H9PS4. The highest BCUT2D eigenvalue weighted by Gasteiger charge is 2.05. The van der Waals surface area contributed by atoms with E-state index in [9.17, 15) is 0 Å². The van der Waals surface area contributed by atoms with Crippen LogP contribution in [-0.4, -0.2) is 0 Å². The van der Waals surface area contributed by atoms with Crippen molar-refractivity contribution >= 4 is 51.3 Å². The molecule has 1 rings (SSSR count). The standard InChI is InChI=1S/C7H9PS4/c1-6-2-4-7(5-3-6)12-8(9,10)11/h2-5H,1H3,(H2,9,10,11). The number of hydrogen-bond acceptors (Lipinski definition) is 2. The Hall–Kier alpha value is 0.920.